The van der Waals surface area contributed by atoms with E-state index < -0.39 is 0 Å². The number of carbonyl (C=O) groups excluding carboxylic acids is 1. The molecule has 2 atom stereocenters. The van der Waals surface area contributed by atoms with Gasteiger partial charge in [0.2, 0.25) is 0 Å². The molecule has 2 unspecified atom stereocenters. The molecule has 2 rings (SSSR count). The molecule has 0 aliphatic carbocycles. The normalized spacial score (nSPS) is 13.1. The first kappa shape index (κ1) is 33.9. The summed E-state index contributed by atoms with van der Waals surface area (Å²) in [5.74, 6) is 0.684. The van der Waals surface area contributed by atoms with Crippen molar-refractivity contribution in [3.8, 4) is 5.75 Å². The number of hydrogen-bond donors (Lipinski definition) is 0. The molecule has 0 spiro atoms. The van der Waals surface area contributed by atoms with Crippen molar-refractivity contribution in [3.05, 3.63) is 65.7 Å². The van der Waals surface area contributed by atoms with Gasteiger partial charge in [0.05, 0.1) is 26.6 Å². The van der Waals surface area contributed by atoms with Crippen molar-refractivity contribution in [2.75, 3.05) is 27.2 Å². The number of benzene rings is 2. The van der Waals surface area contributed by atoms with Crippen LogP contribution in [0.5, 0.6) is 5.75 Å². The molecule has 40 heavy (non-hydrogen) atoms. The van der Waals surface area contributed by atoms with Gasteiger partial charge in [-0.15, -0.1) is 0 Å². The molecular weight excluding hydrogens is 494 g/mol. The molecule has 2 aromatic carbocycles. The van der Waals surface area contributed by atoms with Gasteiger partial charge >= 0.3 is 5.97 Å². The maximum absolute atomic E-state index is 12.8. The number of carbonyl (C=O) groups is 1. The Labute approximate surface area is 246 Å². The van der Waals surface area contributed by atoms with Gasteiger partial charge in [-0.05, 0) is 30.9 Å². The fourth-order valence-electron chi connectivity index (χ4n) is 5.18. The van der Waals surface area contributed by atoms with Crippen LogP contribution in [0.4, 0.5) is 0 Å². The largest absolute Gasteiger partial charge is 0.487 e. The highest BCUT2D eigenvalue weighted by atomic mass is 16.6. The van der Waals surface area contributed by atoms with Gasteiger partial charge in [-0.1, -0.05) is 127 Å². The summed E-state index contributed by atoms with van der Waals surface area (Å²) in [7, 11) is 4.44. The lowest BCUT2D eigenvalue weighted by Crippen LogP contribution is -2.40. The Balaban J connectivity index is 1.70. The van der Waals surface area contributed by atoms with E-state index >= 15 is 0 Å². The Morgan fingerprint density at radius 3 is 2.05 bits per heavy atom. The molecule has 0 saturated carbocycles. The predicted molar refractivity (Wildman–Crippen MR) is 169 cm³/mol. The fourth-order valence-corrected chi connectivity index (χ4v) is 5.18. The van der Waals surface area contributed by atoms with Gasteiger partial charge in [-0.25, -0.2) is 0 Å². The lowest BCUT2D eigenvalue weighted by atomic mass is 10.0. The summed E-state index contributed by atoms with van der Waals surface area (Å²) >= 11 is 0. The summed E-state index contributed by atoms with van der Waals surface area (Å²) < 4.78 is 13.0. The zero-order chi connectivity index (χ0) is 29.1. The van der Waals surface area contributed by atoms with Crippen LogP contribution in [-0.4, -0.2) is 43.8 Å². The molecule has 0 amide bonds. The Morgan fingerprint density at radius 1 is 0.800 bits per heavy atom. The van der Waals surface area contributed by atoms with Crippen molar-refractivity contribution in [3.63, 3.8) is 0 Å². The van der Waals surface area contributed by atoms with Crippen LogP contribution in [0.15, 0.2) is 54.6 Å². The van der Waals surface area contributed by atoms with E-state index in [1.807, 2.05) is 19.1 Å². The highest BCUT2D eigenvalue weighted by molar-refractivity contribution is 5.71. The quantitative estimate of drug-likeness (QED) is 0.0830. The highest BCUT2D eigenvalue weighted by Gasteiger charge is 2.23. The van der Waals surface area contributed by atoms with Crippen LogP contribution in [0.3, 0.4) is 0 Å². The van der Waals surface area contributed by atoms with Crippen LogP contribution in [0, 0.1) is 5.92 Å². The minimum Gasteiger partial charge on any atom is -0.487 e. The van der Waals surface area contributed by atoms with Crippen LogP contribution in [0.1, 0.15) is 109 Å². The van der Waals surface area contributed by atoms with Crippen LogP contribution in [0.2, 0.25) is 0 Å². The first-order valence-electron chi connectivity index (χ1n) is 16.1. The summed E-state index contributed by atoms with van der Waals surface area (Å²) in [6.45, 7) is 8.52. The number of ether oxygens (including phenoxy) is 2. The maximum Gasteiger partial charge on any atom is 0.309 e. The number of esters is 1. The van der Waals surface area contributed by atoms with Crippen LogP contribution >= 0.6 is 0 Å². The molecule has 2 aromatic rings. The number of para-hydroxylation sites is 1. The topological polar surface area (TPSA) is 35.5 Å². The third kappa shape index (κ3) is 14.3. The summed E-state index contributed by atoms with van der Waals surface area (Å²) in [6, 6.07) is 18.9. The van der Waals surface area contributed by atoms with Crippen LogP contribution in [0.25, 0.3) is 0 Å². The minimum absolute atomic E-state index is 0.125. The number of rotatable bonds is 22. The van der Waals surface area contributed by atoms with Crippen molar-refractivity contribution in [2.24, 2.45) is 5.92 Å². The number of hydrogen-bond acceptors (Lipinski definition) is 3. The Hall–Kier alpha value is -2.33. The number of nitrogens with zero attached hydrogens (tertiary/aromatic N) is 1. The maximum atomic E-state index is 12.8. The van der Waals surface area contributed by atoms with Gasteiger partial charge < -0.3 is 14.0 Å². The van der Waals surface area contributed by atoms with Gasteiger partial charge in [0.1, 0.15) is 25.0 Å². The lowest BCUT2D eigenvalue weighted by Gasteiger charge is -2.30. The first-order valence-corrected chi connectivity index (χ1v) is 16.1. The van der Waals surface area contributed by atoms with Crippen molar-refractivity contribution in [1.82, 2.24) is 0 Å². The van der Waals surface area contributed by atoms with E-state index in [2.05, 4.69) is 70.4 Å². The molecule has 0 saturated heterocycles. The zero-order valence-corrected chi connectivity index (χ0v) is 26.3. The first-order chi connectivity index (χ1) is 19.3. The molecule has 0 N–H and O–H groups in total. The molecular formula is C36H58NO3+. The van der Waals surface area contributed by atoms with Gasteiger partial charge in [0.15, 0.2) is 0 Å². The summed E-state index contributed by atoms with van der Waals surface area (Å²) in [5, 5.41) is 0. The number of quaternary nitrogens is 1. The van der Waals surface area contributed by atoms with Gasteiger partial charge in [0, 0.05) is 12.0 Å². The third-order valence-corrected chi connectivity index (χ3v) is 7.96. The van der Waals surface area contributed by atoms with Gasteiger partial charge in [-0.3, -0.25) is 4.79 Å². The molecule has 0 aromatic heterocycles. The number of unbranched alkanes of at least 4 members (excludes halogenated alkanes) is 9. The van der Waals surface area contributed by atoms with E-state index in [-0.39, 0.29) is 18.0 Å². The SMILES string of the molecule is CCCCCCCCCCCCc1ccccc1OC(CC)COC(=O)C(C)CC[N+](C)(C)Cc1ccccc1. The fraction of sp³-hybridized carbons (Fsp3) is 0.639. The van der Waals surface area contributed by atoms with E-state index in [1.54, 1.807) is 0 Å². The Morgan fingerprint density at radius 2 is 1.40 bits per heavy atom. The molecule has 0 aliphatic heterocycles. The minimum atomic E-state index is -0.130. The molecule has 0 heterocycles. The Bertz CT molecular complexity index is 927. The molecule has 0 aliphatic rings. The second-order valence-corrected chi connectivity index (χ2v) is 12.3. The second kappa shape index (κ2) is 19.7. The molecule has 0 bridgehead atoms. The van der Waals surface area contributed by atoms with Gasteiger partial charge in [0.25, 0.3) is 0 Å². The zero-order valence-electron chi connectivity index (χ0n) is 26.3. The molecule has 4 heteroatoms. The van der Waals surface area contributed by atoms with Crippen LogP contribution in [-0.2, 0) is 22.5 Å². The summed E-state index contributed by atoms with van der Waals surface area (Å²) in [4.78, 5) is 12.8. The van der Waals surface area contributed by atoms with Crippen LogP contribution < -0.4 is 4.74 Å². The average Bonchev–Trinajstić information content (AvgIpc) is 2.95. The molecule has 224 valence electrons. The standard InChI is InChI=1S/C36H58NO3/c1-6-8-9-10-11-12-13-14-15-19-24-33-25-20-21-26-35(33)40-34(7-2)30-39-36(38)31(3)27-28-37(4,5)29-32-22-17-16-18-23-32/h16-18,20-23,25-26,31,34H,6-15,19,24,27-30H2,1-5H3/q+1. The van der Waals surface area contributed by atoms with E-state index in [1.165, 1.54) is 75.3 Å². The predicted octanol–water partition coefficient (Wildman–Crippen LogP) is 9.15. The molecule has 4 nitrogen and oxygen atoms in total. The molecule has 0 fully saturated rings. The summed E-state index contributed by atoms with van der Waals surface area (Å²) in [6.07, 6.45) is 15.9. The van der Waals surface area contributed by atoms with Crippen molar-refractivity contribution < 1.29 is 18.8 Å². The van der Waals surface area contributed by atoms with E-state index in [0.717, 1.165) is 42.6 Å². The molecule has 0 radical (unpaired) electrons. The third-order valence-electron chi connectivity index (χ3n) is 7.96. The van der Waals surface area contributed by atoms with E-state index in [4.69, 9.17) is 9.47 Å². The highest BCUT2D eigenvalue weighted by Crippen LogP contribution is 2.23. The summed E-state index contributed by atoms with van der Waals surface area (Å²) in [5.41, 5.74) is 2.58. The van der Waals surface area contributed by atoms with E-state index in [9.17, 15) is 4.79 Å². The second-order valence-electron chi connectivity index (χ2n) is 12.3. The van der Waals surface area contributed by atoms with Crippen molar-refractivity contribution in [1.29, 1.82) is 0 Å². The monoisotopic (exact) mass is 552 g/mol. The van der Waals surface area contributed by atoms with Crippen molar-refractivity contribution >= 4 is 5.97 Å². The lowest BCUT2D eigenvalue weighted by molar-refractivity contribution is -0.904. The van der Waals surface area contributed by atoms with Crippen molar-refractivity contribution in [2.45, 2.75) is 117 Å². The number of aryl methyl sites for hydroxylation is 1. The smallest absolute Gasteiger partial charge is 0.309 e. The van der Waals surface area contributed by atoms with Gasteiger partial charge in [-0.2, -0.15) is 0 Å². The van der Waals surface area contributed by atoms with E-state index in [0.29, 0.717) is 6.61 Å². The average molecular weight is 553 g/mol. The Kier molecular flexibility index (Phi) is 16.7.